The molecule has 0 aliphatic heterocycles. The molecule has 7 nitrogen and oxygen atoms in total. The molecule has 0 spiro atoms. The molecule has 4 rings (SSSR count). The Kier molecular flexibility index (Phi) is 5.28. The first-order chi connectivity index (χ1) is 13.4. The third kappa shape index (κ3) is 3.73. The van der Waals surface area contributed by atoms with E-state index in [9.17, 15) is 5.11 Å². The Labute approximate surface area is 166 Å². The highest BCUT2D eigenvalue weighted by molar-refractivity contribution is 6.76. The molecular formula is C20H31N5O2Si. The van der Waals surface area contributed by atoms with Gasteiger partial charge in [0.2, 0.25) is 0 Å². The molecule has 0 saturated heterocycles. The molecule has 0 unspecified atom stereocenters. The van der Waals surface area contributed by atoms with Crippen LogP contribution >= 0.6 is 0 Å². The fourth-order valence-corrected chi connectivity index (χ4v) is 5.03. The summed E-state index contributed by atoms with van der Waals surface area (Å²) in [6, 6.07) is 3.22. The summed E-state index contributed by atoms with van der Waals surface area (Å²) in [6.45, 7) is 10.5. The van der Waals surface area contributed by atoms with E-state index in [1.165, 1.54) is 0 Å². The molecule has 0 bridgehead atoms. The van der Waals surface area contributed by atoms with Crippen molar-refractivity contribution in [2.24, 2.45) is 5.92 Å². The smallest absolute Gasteiger partial charge is 0.179 e. The summed E-state index contributed by atoms with van der Waals surface area (Å²) in [6.07, 6.45) is 6.19. The van der Waals surface area contributed by atoms with Gasteiger partial charge in [0.05, 0.1) is 17.8 Å². The summed E-state index contributed by atoms with van der Waals surface area (Å²) >= 11 is 0. The lowest BCUT2D eigenvalue weighted by Crippen LogP contribution is -2.22. The van der Waals surface area contributed by atoms with E-state index in [-0.39, 0.29) is 12.0 Å². The number of rotatable bonds is 7. The fourth-order valence-electron chi connectivity index (χ4n) is 4.27. The van der Waals surface area contributed by atoms with Gasteiger partial charge < -0.3 is 14.4 Å². The van der Waals surface area contributed by atoms with E-state index >= 15 is 0 Å². The highest BCUT2D eigenvalue weighted by Gasteiger charge is 2.36. The van der Waals surface area contributed by atoms with Crippen molar-refractivity contribution >= 4 is 24.9 Å². The first-order valence-electron chi connectivity index (χ1n) is 10.3. The predicted molar refractivity (Wildman–Crippen MR) is 112 cm³/mol. The number of ether oxygens (including phenoxy) is 1. The second-order valence-electron chi connectivity index (χ2n) is 9.25. The Morgan fingerprint density at radius 2 is 2.07 bits per heavy atom. The van der Waals surface area contributed by atoms with E-state index in [2.05, 4.69) is 52.2 Å². The molecule has 0 aromatic carbocycles. The number of aromatic nitrogens is 5. The van der Waals surface area contributed by atoms with Crippen LogP contribution in [0.1, 0.15) is 37.9 Å². The van der Waals surface area contributed by atoms with Crippen molar-refractivity contribution in [3.05, 3.63) is 24.3 Å². The predicted octanol–water partition coefficient (Wildman–Crippen LogP) is 3.66. The SMILES string of the molecule is CC[C@@H]1C[C@@H](O)C[C@@H]1c1nnc2cnc3c(ccn3COCC[Si](C)(C)C)n12. The van der Waals surface area contributed by atoms with Gasteiger partial charge in [-0.15, -0.1) is 10.2 Å². The average Bonchev–Trinajstić information content (AvgIpc) is 3.33. The summed E-state index contributed by atoms with van der Waals surface area (Å²) in [5, 5.41) is 19.0. The summed E-state index contributed by atoms with van der Waals surface area (Å²) in [4.78, 5) is 4.61. The molecule has 1 aliphatic carbocycles. The van der Waals surface area contributed by atoms with Crippen molar-refractivity contribution in [1.29, 1.82) is 0 Å². The maximum absolute atomic E-state index is 10.2. The Bertz CT molecular complexity index is 961. The van der Waals surface area contributed by atoms with Crippen LogP contribution in [0.3, 0.4) is 0 Å². The van der Waals surface area contributed by atoms with E-state index in [1.54, 1.807) is 6.20 Å². The van der Waals surface area contributed by atoms with Crippen molar-refractivity contribution in [3.63, 3.8) is 0 Å². The molecule has 8 heteroatoms. The van der Waals surface area contributed by atoms with Gasteiger partial charge >= 0.3 is 0 Å². The lowest BCUT2D eigenvalue weighted by molar-refractivity contribution is 0.0899. The molecule has 3 aromatic heterocycles. The standard InChI is InChI=1S/C20H31N5O2Si/c1-5-14-10-15(26)11-16(14)19-23-22-18-12-21-20-17(25(18)19)6-7-24(20)13-27-8-9-28(2,3)4/h6-7,12,14-16,26H,5,8-11,13H2,1-4H3/t14-,15-,16+/m1/s1. The van der Waals surface area contributed by atoms with Crippen molar-refractivity contribution in [3.8, 4) is 0 Å². The van der Waals surface area contributed by atoms with Crippen molar-refractivity contribution in [2.75, 3.05) is 6.61 Å². The fraction of sp³-hybridized carbons (Fsp3) is 0.650. The zero-order chi connectivity index (χ0) is 19.9. The second-order valence-corrected chi connectivity index (χ2v) is 14.9. The van der Waals surface area contributed by atoms with Gasteiger partial charge in [0.15, 0.2) is 11.3 Å². The minimum Gasteiger partial charge on any atom is -0.393 e. The molecule has 1 N–H and O–H groups in total. The van der Waals surface area contributed by atoms with E-state index < -0.39 is 8.07 Å². The van der Waals surface area contributed by atoms with Crippen LogP contribution in [0, 0.1) is 5.92 Å². The van der Waals surface area contributed by atoms with Crippen LogP contribution in [0.5, 0.6) is 0 Å². The molecule has 0 radical (unpaired) electrons. The number of nitrogens with zero attached hydrogens (tertiary/aromatic N) is 5. The zero-order valence-electron chi connectivity index (χ0n) is 17.3. The molecule has 1 aliphatic rings. The average molecular weight is 402 g/mol. The zero-order valence-corrected chi connectivity index (χ0v) is 18.3. The van der Waals surface area contributed by atoms with Crippen LogP contribution in [0.15, 0.2) is 18.5 Å². The molecule has 28 heavy (non-hydrogen) atoms. The van der Waals surface area contributed by atoms with Crippen LogP contribution in [-0.2, 0) is 11.5 Å². The van der Waals surface area contributed by atoms with Crippen LogP contribution in [0.2, 0.25) is 25.7 Å². The number of aliphatic hydroxyl groups excluding tert-OH is 1. The first kappa shape index (κ1) is 19.5. The van der Waals surface area contributed by atoms with Crippen LogP contribution in [0.4, 0.5) is 0 Å². The quantitative estimate of drug-likeness (QED) is 0.483. The van der Waals surface area contributed by atoms with E-state index in [4.69, 9.17) is 4.74 Å². The van der Waals surface area contributed by atoms with E-state index in [0.717, 1.165) is 54.5 Å². The maximum Gasteiger partial charge on any atom is 0.179 e. The highest BCUT2D eigenvalue weighted by atomic mass is 28.3. The van der Waals surface area contributed by atoms with Gasteiger partial charge in [-0.1, -0.05) is 33.0 Å². The Morgan fingerprint density at radius 3 is 2.82 bits per heavy atom. The van der Waals surface area contributed by atoms with Gasteiger partial charge in [0.1, 0.15) is 12.6 Å². The number of aliphatic hydroxyl groups is 1. The lowest BCUT2D eigenvalue weighted by Gasteiger charge is -2.16. The summed E-state index contributed by atoms with van der Waals surface area (Å²) < 4.78 is 10.1. The number of fused-ring (bicyclic) bond motifs is 3. The Hall–Kier alpha value is -1.77. The molecule has 0 amide bonds. The monoisotopic (exact) mass is 401 g/mol. The van der Waals surface area contributed by atoms with Gasteiger partial charge in [-0.3, -0.25) is 4.40 Å². The van der Waals surface area contributed by atoms with Gasteiger partial charge in [0.25, 0.3) is 0 Å². The third-order valence-electron chi connectivity index (χ3n) is 5.92. The Morgan fingerprint density at radius 1 is 1.25 bits per heavy atom. The summed E-state index contributed by atoms with van der Waals surface area (Å²) in [5.41, 5.74) is 2.65. The van der Waals surface area contributed by atoms with Gasteiger partial charge in [0, 0.05) is 26.8 Å². The maximum atomic E-state index is 10.2. The van der Waals surface area contributed by atoms with Gasteiger partial charge in [-0.05, 0) is 30.9 Å². The summed E-state index contributed by atoms with van der Waals surface area (Å²) in [7, 11) is -1.09. The normalized spacial score (nSPS) is 23.2. The second kappa shape index (κ2) is 7.57. The van der Waals surface area contributed by atoms with Crippen LogP contribution in [-0.4, -0.2) is 50.0 Å². The lowest BCUT2D eigenvalue weighted by atomic mass is 9.93. The molecule has 3 atom stereocenters. The Balaban J connectivity index is 1.63. The van der Waals surface area contributed by atoms with Gasteiger partial charge in [-0.2, -0.15) is 0 Å². The van der Waals surface area contributed by atoms with Crippen LogP contribution in [0.25, 0.3) is 16.8 Å². The van der Waals surface area contributed by atoms with Crippen molar-refractivity contribution in [1.82, 2.24) is 24.1 Å². The van der Waals surface area contributed by atoms with Crippen molar-refractivity contribution < 1.29 is 9.84 Å². The third-order valence-corrected chi connectivity index (χ3v) is 7.63. The highest BCUT2D eigenvalue weighted by Crippen LogP contribution is 2.41. The first-order valence-corrected chi connectivity index (χ1v) is 14.0. The van der Waals surface area contributed by atoms with Gasteiger partial charge in [-0.25, -0.2) is 4.98 Å². The topological polar surface area (TPSA) is 77.5 Å². The molecule has 152 valence electrons. The number of hydrogen-bond donors (Lipinski definition) is 1. The summed E-state index contributed by atoms with van der Waals surface area (Å²) in [5.74, 6) is 1.62. The van der Waals surface area contributed by atoms with E-state index in [0.29, 0.717) is 12.6 Å². The van der Waals surface area contributed by atoms with Crippen molar-refractivity contribution in [2.45, 2.75) is 70.6 Å². The molecule has 1 fully saturated rings. The minimum atomic E-state index is -1.09. The minimum absolute atomic E-state index is 0.233. The largest absolute Gasteiger partial charge is 0.393 e. The number of hydrogen-bond acceptors (Lipinski definition) is 5. The molecular weight excluding hydrogens is 370 g/mol. The molecule has 3 heterocycles. The molecule has 1 saturated carbocycles. The molecule has 3 aromatic rings. The van der Waals surface area contributed by atoms with Crippen LogP contribution < -0.4 is 0 Å². The van der Waals surface area contributed by atoms with E-state index in [1.807, 2.05) is 10.8 Å².